The quantitative estimate of drug-likeness (QED) is 0.764. The average Bonchev–Trinajstić information content (AvgIpc) is 3.00. The van der Waals surface area contributed by atoms with Crippen LogP contribution in [0.5, 0.6) is 5.75 Å². The largest absolute Gasteiger partial charge is 0.492 e. The van der Waals surface area contributed by atoms with E-state index in [1.54, 1.807) is 7.11 Å². The van der Waals surface area contributed by atoms with Crippen LogP contribution in [-0.4, -0.2) is 18.2 Å². The van der Waals surface area contributed by atoms with E-state index in [9.17, 15) is 4.79 Å². The molecule has 1 N–H and O–H groups in total. The molecule has 2 heterocycles. The minimum absolute atomic E-state index is 0.130. The summed E-state index contributed by atoms with van der Waals surface area (Å²) < 4.78 is 17.2. The molecule has 116 valence electrons. The van der Waals surface area contributed by atoms with Crippen LogP contribution < -0.4 is 4.74 Å². The topological polar surface area (TPSA) is 72.8 Å². The van der Waals surface area contributed by atoms with Gasteiger partial charge < -0.3 is 18.7 Å². The molecule has 3 aromatic rings. The van der Waals surface area contributed by atoms with Crippen LogP contribution in [0.1, 0.15) is 29.9 Å². The van der Waals surface area contributed by atoms with Gasteiger partial charge in [0.15, 0.2) is 11.3 Å². The molecule has 0 radical (unpaired) electrons. The van der Waals surface area contributed by atoms with Crippen LogP contribution in [-0.2, 0) is 11.2 Å². The minimum atomic E-state index is -0.792. The zero-order valence-corrected chi connectivity index (χ0v) is 12.9. The van der Waals surface area contributed by atoms with E-state index in [0.29, 0.717) is 24.2 Å². The van der Waals surface area contributed by atoms with Crippen LogP contribution in [0.4, 0.5) is 0 Å². The summed E-state index contributed by atoms with van der Waals surface area (Å²) in [6, 6.07) is 3.87. The highest BCUT2D eigenvalue weighted by molar-refractivity contribution is 6.04. The number of benzene rings is 1. The predicted octanol–water partition coefficient (Wildman–Crippen LogP) is 4.21. The van der Waals surface area contributed by atoms with E-state index in [4.69, 9.17) is 18.7 Å². The molecule has 0 aliphatic heterocycles. The van der Waals surface area contributed by atoms with E-state index in [2.05, 4.69) is 0 Å². The van der Waals surface area contributed by atoms with Crippen molar-refractivity contribution < 1.29 is 23.5 Å². The van der Waals surface area contributed by atoms with Crippen molar-refractivity contribution in [3.63, 3.8) is 0 Å². The lowest BCUT2D eigenvalue weighted by atomic mass is 10.0. The molecule has 5 nitrogen and oxygen atoms in total. The summed E-state index contributed by atoms with van der Waals surface area (Å²) in [4.78, 5) is 10.8. The Morgan fingerprint density at radius 3 is 2.41 bits per heavy atom. The fraction of sp³-hybridized carbons (Fsp3) is 0.353. The molecule has 0 fully saturated rings. The molecule has 0 bridgehead atoms. The molecule has 1 aromatic carbocycles. The number of fused-ring (bicyclic) bond motifs is 2. The van der Waals surface area contributed by atoms with Gasteiger partial charge in [0.05, 0.1) is 12.5 Å². The van der Waals surface area contributed by atoms with Gasteiger partial charge in [-0.15, -0.1) is 0 Å². The Kier molecular flexibility index (Phi) is 3.56. The van der Waals surface area contributed by atoms with E-state index in [1.165, 1.54) is 0 Å². The number of aryl methyl sites for hydroxylation is 3. The van der Waals surface area contributed by atoms with E-state index < -0.39 is 5.97 Å². The lowest BCUT2D eigenvalue weighted by Crippen LogP contribution is -1.97. The van der Waals surface area contributed by atoms with Crippen molar-refractivity contribution >= 4 is 27.9 Å². The maximum absolute atomic E-state index is 10.8. The Labute approximate surface area is 127 Å². The Hall–Kier alpha value is -2.43. The van der Waals surface area contributed by atoms with Crippen LogP contribution in [0.15, 0.2) is 21.0 Å². The Morgan fingerprint density at radius 1 is 1.14 bits per heavy atom. The summed E-state index contributed by atoms with van der Waals surface area (Å²) in [6.45, 7) is 3.76. The summed E-state index contributed by atoms with van der Waals surface area (Å²) in [6.07, 6.45) is 1.30. The first kappa shape index (κ1) is 14.5. The minimum Gasteiger partial charge on any atom is -0.492 e. The third-order valence-electron chi connectivity index (χ3n) is 3.78. The molecule has 0 unspecified atom stereocenters. The zero-order valence-electron chi connectivity index (χ0n) is 12.9. The van der Waals surface area contributed by atoms with Gasteiger partial charge >= 0.3 is 5.97 Å². The number of ether oxygens (including phenoxy) is 1. The molecule has 3 rings (SSSR count). The van der Waals surface area contributed by atoms with E-state index in [0.717, 1.165) is 33.4 Å². The first-order valence-electron chi connectivity index (χ1n) is 7.22. The van der Waals surface area contributed by atoms with Crippen LogP contribution in [0, 0.1) is 13.8 Å². The fourth-order valence-electron chi connectivity index (χ4n) is 2.93. The summed E-state index contributed by atoms with van der Waals surface area (Å²) in [5, 5.41) is 10.6. The van der Waals surface area contributed by atoms with E-state index >= 15 is 0 Å². The lowest BCUT2D eigenvalue weighted by molar-refractivity contribution is -0.137. The standard InChI is InChI=1S/C17H18O5/c1-9-7-12-11(5-4-6-14(18)19)15-13(8-10(2)21-15)16(20-3)17(12)22-9/h7-8H,4-6H2,1-3H3,(H,18,19). The van der Waals surface area contributed by atoms with Crippen LogP contribution in [0.25, 0.3) is 21.9 Å². The SMILES string of the molecule is COc1c2cc(C)oc2c(CCCC(=O)O)c2cc(C)oc12. The number of methoxy groups -OCH3 is 1. The first-order valence-corrected chi connectivity index (χ1v) is 7.22. The van der Waals surface area contributed by atoms with Gasteiger partial charge in [-0.25, -0.2) is 0 Å². The Bertz CT molecular complexity index is 795. The Balaban J connectivity index is 2.23. The number of hydrogen-bond acceptors (Lipinski definition) is 4. The molecule has 5 heteroatoms. The molecule has 22 heavy (non-hydrogen) atoms. The average molecular weight is 302 g/mol. The number of carboxylic acids is 1. The molecule has 0 saturated carbocycles. The van der Waals surface area contributed by atoms with Gasteiger partial charge in [-0.05, 0) is 38.8 Å². The number of rotatable bonds is 5. The van der Waals surface area contributed by atoms with Crippen molar-refractivity contribution in [2.45, 2.75) is 33.1 Å². The predicted molar refractivity (Wildman–Crippen MR) is 82.6 cm³/mol. The molecule has 2 aromatic heterocycles. The molecular weight excluding hydrogens is 284 g/mol. The van der Waals surface area contributed by atoms with E-state index in [-0.39, 0.29) is 6.42 Å². The number of hydrogen-bond donors (Lipinski definition) is 1. The van der Waals surface area contributed by atoms with Crippen molar-refractivity contribution in [3.8, 4) is 5.75 Å². The van der Waals surface area contributed by atoms with Gasteiger partial charge in [0.25, 0.3) is 0 Å². The third-order valence-corrected chi connectivity index (χ3v) is 3.78. The molecule has 0 aliphatic carbocycles. The van der Waals surface area contributed by atoms with E-state index in [1.807, 2.05) is 26.0 Å². The molecule has 0 saturated heterocycles. The van der Waals surface area contributed by atoms with Crippen LogP contribution in [0.2, 0.25) is 0 Å². The molecule has 0 spiro atoms. The smallest absolute Gasteiger partial charge is 0.303 e. The highest BCUT2D eigenvalue weighted by Crippen LogP contribution is 2.41. The summed E-state index contributed by atoms with van der Waals surface area (Å²) >= 11 is 0. The number of carboxylic acid groups (broad SMARTS) is 1. The Morgan fingerprint density at radius 2 is 1.77 bits per heavy atom. The van der Waals surface area contributed by atoms with Gasteiger partial charge in [-0.3, -0.25) is 4.79 Å². The second kappa shape index (κ2) is 5.40. The monoisotopic (exact) mass is 302 g/mol. The van der Waals surface area contributed by atoms with Crippen molar-refractivity contribution in [3.05, 3.63) is 29.2 Å². The third kappa shape index (κ3) is 2.32. The summed E-state index contributed by atoms with van der Waals surface area (Å²) in [5.74, 6) is 1.45. The van der Waals surface area contributed by atoms with Crippen molar-refractivity contribution in [2.75, 3.05) is 7.11 Å². The van der Waals surface area contributed by atoms with Gasteiger partial charge in [0.2, 0.25) is 0 Å². The second-order valence-corrected chi connectivity index (χ2v) is 5.46. The summed E-state index contributed by atoms with van der Waals surface area (Å²) in [5.41, 5.74) is 2.43. The normalized spacial score (nSPS) is 11.4. The van der Waals surface area contributed by atoms with Gasteiger partial charge in [0, 0.05) is 17.4 Å². The summed E-state index contributed by atoms with van der Waals surface area (Å²) in [7, 11) is 1.61. The number of furan rings is 2. The molecule has 0 atom stereocenters. The van der Waals surface area contributed by atoms with Crippen molar-refractivity contribution in [1.82, 2.24) is 0 Å². The maximum Gasteiger partial charge on any atom is 0.303 e. The van der Waals surface area contributed by atoms with Crippen LogP contribution in [0.3, 0.4) is 0 Å². The number of carbonyl (C=O) groups is 1. The maximum atomic E-state index is 10.8. The molecule has 0 aliphatic rings. The lowest BCUT2D eigenvalue weighted by Gasteiger charge is -2.08. The number of aliphatic carboxylic acids is 1. The molecular formula is C17H18O5. The highest BCUT2D eigenvalue weighted by atomic mass is 16.5. The van der Waals surface area contributed by atoms with Crippen molar-refractivity contribution in [2.24, 2.45) is 0 Å². The van der Waals surface area contributed by atoms with Crippen LogP contribution >= 0.6 is 0 Å². The zero-order chi connectivity index (χ0) is 15.9. The van der Waals surface area contributed by atoms with Gasteiger partial charge in [-0.2, -0.15) is 0 Å². The second-order valence-electron chi connectivity index (χ2n) is 5.46. The van der Waals surface area contributed by atoms with Gasteiger partial charge in [0.1, 0.15) is 17.1 Å². The fourth-order valence-corrected chi connectivity index (χ4v) is 2.93. The highest BCUT2D eigenvalue weighted by Gasteiger charge is 2.21. The first-order chi connectivity index (χ1) is 10.5. The van der Waals surface area contributed by atoms with Gasteiger partial charge in [-0.1, -0.05) is 0 Å². The molecule has 0 amide bonds. The van der Waals surface area contributed by atoms with Crippen molar-refractivity contribution in [1.29, 1.82) is 0 Å².